The summed E-state index contributed by atoms with van der Waals surface area (Å²) in [5, 5.41) is 7.41. The van der Waals surface area contributed by atoms with Gasteiger partial charge in [-0.3, -0.25) is 0 Å². The molecule has 0 atom stereocenters. The lowest BCUT2D eigenvalue weighted by Gasteiger charge is -2.22. The summed E-state index contributed by atoms with van der Waals surface area (Å²) in [4.78, 5) is 8.31. The minimum Gasteiger partial charge on any atom is -0.489 e. The molecule has 1 aromatic carbocycles. The van der Waals surface area contributed by atoms with E-state index in [9.17, 15) is 8.78 Å². The smallest absolute Gasteiger partial charge is 0.163 e. The average molecular weight is 371 g/mol. The standard InChI is InChI=1S/C19H19F2N5O/c20-15-2-1-3-16(21)19(15)26-10-14(8-25-26)18-17(9-23-12-24-18)27-11-13-4-6-22-7-5-13/h1-3,8-10,12-13,22H,4-7,11H2. The summed E-state index contributed by atoms with van der Waals surface area (Å²) in [6.07, 6.45) is 8.17. The average Bonchev–Trinajstić information content (AvgIpc) is 3.17. The lowest BCUT2D eigenvalue weighted by atomic mass is 9.99. The van der Waals surface area contributed by atoms with Crippen molar-refractivity contribution in [2.24, 2.45) is 5.92 Å². The maximum absolute atomic E-state index is 14.0. The molecule has 0 bridgehead atoms. The summed E-state index contributed by atoms with van der Waals surface area (Å²) in [5.41, 5.74) is 0.914. The van der Waals surface area contributed by atoms with E-state index in [1.165, 1.54) is 41.6 Å². The van der Waals surface area contributed by atoms with Crippen molar-refractivity contribution >= 4 is 0 Å². The quantitative estimate of drug-likeness (QED) is 0.747. The molecule has 0 spiro atoms. The van der Waals surface area contributed by atoms with Gasteiger partial charge in [0.15, 0.2) is 17.4 Å². The summed E-state index contributed by atoms with van der Waals surface area (Å²) in [7, 11) is 0. The van der Waals surface area contributed by atoms with Crippen LogP contribution in [-0.2, 0) is 0 Å². The van der Waals surface area contributed by atoms with Crippen LogP contribution in [0, 0.1) is 17.6 Å². The van der Waals surface area contributed by atoms with Crippen molar-refractivity contribution in [2.45, 2.75) is 12.8 Å². The van der Waals surface area contributed by atoms with E-state index >= 15 is 0 Å². The van der Waals surface area contributed by atoms with Gasteiger partial charge >= 0.3 is 0 Å². The first kappa shape index (κ1) is 17.5. The predicted octanol–water partition coefficient (Wildman–Crippen LogP) is 2.99. The van der Waals surface area contributed by atoms with Crippen molar-refractivity contribution in [1.29, 1.82) is 0 Å². The number of ether oxygens (including phenoxy) is 1. The van der Waals surface area contributed by atoms with E-state index in [0.717, 1.165) is 25.9 Å². The molecule has 3 heterocycles. The fraction of sp³-hybridized carbons (Fsp3) is 0.316. The second-order valence-electron chi connectivity index (χ2n) is 6.48. The number of nitrogens with zero attached hydrogens (tertiary/aromatic N) is 4. The highest BCUT2D eigenvalue weighted by molar-refractivity contribution is 5.64. The highest BCUT2D eigenvalue weighted by Crippen LogP contribution is 2.28. The maximum Gasteiger partial charge on any atom is 0.163 e. The molecule has 2 aromatic heterocycles. The molecule has 6 nitrogen and oxygen atoms in total. The number of hydrogen-bond donors (Lipinski definition) is 1. The zero-order valence-corrected chi connectivity index (χ0v) is 14.6. The van der Waals surface area contributed by atoms with Gasteiger partial charge in [0.1, 0.15) is 17.7 Å². The van der Waals surface area contributed by atoms with Gasteiger partial charge in [-0.2, -0.15) is 5.10 Å². The summed E-state index contributed by atoms with van der Waals surface area (Å²) in [5.74, 6) is -0.358. The van der Waals surface area contributed by atoms with E-state index in [-0.39, 0.29) is 5.69 Å². The summed E-state index contributed by atoms with van der Waals surface area (Å²) in [6.45, 7) is 2.57. The molecule has 4 rings (SSSR count). The molecule has 1 aliphatic rings. The Hall–Kier alpha value is -2.87. The lowest BCUT2D eigenvalue weighted by Crippen LogP contribution is -2.30. The molecule has 1 N–H and O–H groups in total. The van der Waals surface area contributed by atoms with Crippen molar-refractivity contribution < 1.29 is 13.5 Å². The molecule has 0 radical (unpaired) electrons. The first-order chi connectivity index (χ1) is 13.2. The number of nitrogens with one attached hydrogen (secondary N) is 1. The minimum absolute atomic E-state index is 0.227. The van der Waals surface area contributed by atoms with Crippen molar-refractivity contribution in [1.82, 2.24) is 25.1 Å². The molecule has 0 unspecified atom stereocenters. The molecule has 3 aromatic rings. The first-order valence-electron chi connectivity index (χ1n) is 8.85. The number of rotatable bonds is 5. The Morgan fingerprint density at radius 1 is 1.15 bits per heavy atom. The number of hydrogen-bond acceptors (Lipinski definition) is 5. The number of halogens is 2. The van der Waals surface area contributed by atoms with E-state index < -0.39 is 11.6 Å². The van der Waals surface area contributed by atoms with E-state index in [0.29, 0.717) is 29.5 Å². The predicted molar refractivity (Wildman–Crippen MR) is 95.6 cm³/mol. The lowest BCUT2D eigenvalue weighted by molar-refractivity contribution is 0.215. The fourth-order valence-corrected chi connectivity index (χ4v) is 3.17. The van der Waals surface area contributed by atoms with Gasteiger partial charge in [0.05, 0.1) is 19.0 Å². The van der Waals surface area contributed by atoms with Gasteiger partial charge in [-0.05, 0) is 44.0 Å². The van der Waals surface area contributed by atoms with Crippen LogP contribution in [-0.4, -0.2) is 39.4 Å². The Labute approximate surface area is 155 Å². The minimum atomic E-state index is -0.685. The van der Waals surface area contributed by atoms with Crippen molar-refractivity contribution in [2.75, 3.05) is 19.7 Å². The molecule has 0 saturated carbocycles. The van der Waals surface area contributed by atoms with Crippen LogP contribution in [0.15, 0.2) is 43.1 Å². The highest BCUT2D eigenvalue weighted by Gasteiger charge is 2.18. The van der Waals surface area contributed by atoms with Crippen molar-refractivity contribution in [3.8, 4) is 22.7 Å². The van der Waals surface area contributed by atoms with Gasteiger partial charge in [0.25, 0.3) is 0 Å². The van der Waals surface area contributed by atoms with E-state index in [4.69, 9.17) is 4.74 Å². The molecule has 8 heteroatoms. The largest absolute Gasteiger partial charge is 0.489 e. The topological polar surface area (TPSA) is 64.9 Å². The van der Waals surface area contributed by atoms with E-state index in [2.05, 4.69) is 20.4 Å². The normalized spacial score (nSPS) is 15.0. The molecule has 0 aliphatic carbocycles. The van der Waals surface area contributed by atoms with Crippen LogP contribution in [0.3, 0.4) is 0 Å². The van der Waals surface area contributed by atoms with Gasteiger partial charge < -0.3 is 10.1 Å². The monoisotopic (exact) mass is 371 g/mol. The first-order valence-corrected chi connectivity index (χ1v) is 8.85. The van der Waals surface area contributed by atoms with E-state index in [1.54, 1.807) is 6.20 Å². The number of aromatic nitrogens is 4. The van der Waals surface area contributed by atoms with Crippen LogP contribution in [0.4, 0.5) is 8.78 Å². The SMILES string of the molecule is Fc1cccc(F)c1-n1cc(-c2ncncc2OCC2CCNCC2)cn1. The third-order valence-corrected chi connectivity index (χ3v) is 4.63. The van der Waals surface area contributed by atoms with Crippen LogP contribution in [0.1, 0.15) is 12.8 Å². The maximum atomic E-state index is 14.0. The molecular weight excluding hydrogens is 352 g/mol. The van der Waals surface area contributed by atoms with Crippen LogP contribution >= 0.6 is 0 Å². The zero-order chi connectivity index (χ0) is 18.6. The molecule has 1 fully saturated rings. The van der Waals surface area contributed by atoms with Crippen molar-refractivity contribution in [3.05, 3.63) is 54.8 Å². The summed E-state index contributed by atoms with van der Waals surface area (Å²) >= 11 is 0. The second kappa shape index (κ2) is 7.79. The Morgan fingerprint density at radius 2 is 1.93 bits per heavy atom. The third kappa shape index (κ3) is 3.80. The van der Waals surface area contributed by atoms with Gasteiger partial charge in [0.2, 0.25) is 0 Å². The zero-order valence-electron chi connectivity index (χ0n) is 14.6. The fourth-order valence-electron chi connectivity index (χ4n) is 3.17. The van der Waals surface area contributed by atoms with Crippen LogP contribution in [0.25, 0.3) is 16.9 Å². The van der Waals surface area contributed by atoms with Crippen LogP contribution in [0.5, 0.6) is 5.75 Å². The molecule has 1 saturated heterocycles. The molecular formula is C19H19F2N5O. The Bertz CT molecular complexity index is 904. The Kier molecular flexibility index (Phi) is 5.06. The summed E-state index contributed by atoms with van der Waals surface area (Å²) in [6, 6.07) is 3.70. The van der Waals surface area contributed by atoms with Gasteiger partial charge in [-0.1, -0.05) is 6.07 Å². The van der Waals surface area contributed by atoms with Crippen LogP contribution in [0.2, 0.25) is 0 Å². The highest BCUT2D eigenvalue weighted by atomic mass is 19.1. The Morgan fingerprint density at radius 3 is 2.70 bits per heavy atom. The van der Waals surface area contributed by atoms with Gasteiger partial charge in [0, 0.05) is 11.8 Å². The molecule has 0 amide bonds. The second-order valence-corrected chi connectivity index (χ2v) is 6.48. The number of benzene rings is 1. The number of piperidine rings is 1. The molecule has 1 aliphatic heterocycles. The van der Waals surface area contributed by atoms with Gasteiger partial charge in [-0.15, -0.1) is 0 Å². The third-order valence-electron chi connectivity index (χ3n) is 4.63. The summed E-state index contributed by atoms with van der Waals surface area (Å²) < 4.78 is 35.1. The van der Waals surface area contributed by atoms with Crippen LogP contribution < -0.4 is 10.1 Å². The molecule has 27 heavy (non-hydrogen) atoms. The Balaban J connectivity index is 1.58. The molecule has 140 valence electrons. The van der Waals surface area contributed by atoms with Gasteiger partial charge in [-0.25, -0.2) is 23.4 Å². The van der Waals surface area contributed by atoms with E-state index in [1.807, 2.05) is 0 Å². The van der Waals surface area contributed by atoms with Crippen molar-refractivity contribution in [3.63, 3.8) is 0 Å². The number of para-hydroxylation sites is 1.